The van der Waals surface area contributed by atoms with Crippen molar-refractivity contribution >= 4 is 0 Å². The van der Waals surface area contributed by atoms with E-state index in [0.717, 1.165) is 12.8 Å². The van der Waals surface area contributed by atoms with Gasteiger partial charge in [0.05, 0.1) is 6.61 Å². The van der Waals surface area contributed by atoms with Gasteiger partial charge >= 0.3 is 27.5 Å². The van der Waals surface area contributed by atoms with Crippen molar-refractivity contribution in [1.29, 1.82) is 0 Å². The van der Waals surface area contributed by atoms with Crippen molar-refractivity contribution in [2.75, 3.05) is 6.61 Å². The third-order valence-corrected chi connectivity index (χ3v) is 1.53. The van der Waals surface area contributed by atoms with Crippen LogP contribution in [0.1, 0.15) is 33.6 Å². The van der Waals surface area contributed by atoms with E-state index < -0.39 is 15.8 Å². The fraction of sp³-hybridized carbons (Fsp3) is 0.600. The van der Waals surface area contributed by atoms with Crippen molar-refractivity contribution in [2.45, 2.75) is 33.6 Å². The van der Waals surface area contributed by atoms with Crippen molar-refractivity contribution in [2.24, 2.45) is 0 Å². The number of aliphatic hydroxyl groups excluding tert-OH is 1. The van der Waals surface area contributed by atoms with Crippen LogP contribution in [-0.4, -0.2) is 19.8 Å². The van der Waals surface area contributed by atoms with Gasteiger partial charge in [-0.25, -0.2) is 0 Å². The van der Waals surface area contributed by atoms with Crippen LogP contribution in [0.5, 0.6) is 0 Å². The second kappa shape index (κ2) is 11.8. The van der Waals surface area contributed by atoms with Crippen LogP contribution in [0.3, 0.4) is 0 Å². The van der Waals surface area contributed by atoms with Crippen molar-refractivity contribution in [3.63, 3.8) is 0 Å². The Balaban J connectivity index is 0. The van der Waals surface area contributed by atoms with Gasteiger partial charge in [-0.05, 0) is 33.6 Å². The Morgan fingerprint density at radius 3 is 2.00 bits per heavy atom. The molecule has 0 amide bonds. The van der Waals surface area contributed by atoms with Crippen LogP contribution in [0.4, 0.5) is 0 Å². The predicted molar refractivity (Wildman–Crippen MR) is 54.6 cm³/mol. The zero-order chi connectivity index (χ0) is 12.3. The fourth-order valence-corrected chi connectivity index (χ4v) is 0.846. The van der Waals surface area contributed by atoms with Crippen LogP contribution in [0, 0.1) is 0 Å². The number of hydrogen-bond donors (Lipinski definition) is 3. The molecule has 0 aromatic carbocycles. The van der Waals surface area contributed by atoms with Gasteiger partial charge in [-0.2, -0.15) is 0 Å². The van der Waals surface area contributed by atoms with Gasteiger partial charge in [-0.3, -0.25) is 0 Å². The SMILES string of the molecule is CC(C)=CCC/C(C)=C/CO.[O]=[V]([OH])[OH]. The van der Waals surface area contributed by atoms with Gasteiger partial charge in [0, 0.05) is 0 Å². The molecule has 0 fully saturated rings. The second-order valence-electron chi connectivity index (χ2n) is 3.31. The fourth-order valence-electron chi connectivity index (χ4n) is 0.846. The maximum atomic E-state index is 8.78. The maximum absolute atomic E-state index is 8.78. The zero-order valence-electron chi connectivity index (χ0n) is 9.47. The first-order valence-electron chi connectivity index (χ1n) is 4.65. The van der Waals surface area contributed by atoms with E-state index in [1.807, 2.05) is 6.08 Å². The summed E-state index contributed by atoms with van der Waals surface area (Å²) >= 11 is -3.44. The third kappa shape index (κ3) is 24.8. The van der Waals surface area contributed by atoms with Crippen molar-refractivity contribution in [1.82, 2.24) is 0 Å². The molecular formula is C10H20O4V. The van der Waals surface area contributed by atoms with E-state index in [2.05, 4.69) is 26.8 Å². The molecule has 3 N–H and O–H groups in total. The summed E-state index contributed by atoms with van der Waals surface area (Å²) in [4.78, 5) is 0. The van der Waals surface area contributed by atoms with E-state index in [0.29, 0.717) is 0 Å². The number of rotatable bonds is 4. The Hall–Kier alpha value is -0.256. The normalized spacial score (nSPS) is 10.1. The molecule has 0 heterocycles. The van der Waals surface area contributed by atoms with E-state index in [4.69, 9.17) is 16.8 Å². The Morgan fingerprint density at radius 1 is 1.20 bits per heavy atom. The molecule has 0 spiro atoms. The van der Waals surface area contributed by atoms with E-state index in [1.54, 1.807) is 0 Å². The third-order valence-electron chi connectivity index (χ3n) is 1.53. The predicted octanol–water partition coefficient (Wildman–Crippen LogP) is 1.44. The average molecular weight is 255 g/mol. The Labute approximate surface area is 96.4 Å². The molecule has 89 valence electrons. The number of allylic oxidation sites excluding steroid dienone is 3. The van der Waals surface area contributed by atoms with Crippen molar-refractivity contribution in [3.05, 3.63) is 23.3 Å². The summed E-state index contributed by atoms with van der Waals surface area (Å²) in [5.41, 5.74) is 2.63. The molecule has 0 aromatic heterocycles. The summed E-state index contributed by atoms with van der Waals surface area (Å²) in [5.74, 6) is 0. The van der Waals surface area contributed by atoms with Crippen LogP contribution in [0.15, 0.2) is 23.3 Å². The molecule has 0 bridgehead atoms. The molecule has 0 aromatic rings. The summed E-state index contributed by atoms with van der Waals surface area (Å²) in [5, 5.41) is 8.55. The van der Waals surface area contributed by atoms with Gasteiger partial charge in [0.15, 0.2) is 0 Å². The van der Waals surface area contributed by atoms with Gasteiger partial charge in [0.25, 0.3) is 0 Å². The molecule has 0 rings (SSSR count). The quantitative estimate of drug-likeness (QED) is 0.664. The molecule has 4 nitrogen and oxygen atoms in total. The van der Waals surface area contributed by atoms with Crippen LogP contribution in [-0.2, 0) is 19.5 Å². The van der Waals surface area contributed by atoms with Gasteiger partial charge < -0.3 is 5.11 Å². The van der Waals surface area contributed by atoms with Gasteiger partial charge in [-0.1, -0.05) is 23.3 Å². The van der Waals surface area contributed by atoms with E-state index in [9.17, 15) is 0 Å². The van der Waals surface area contributed by atoms with Crippen LogP contribution in [0.2, 0.25) is 0 Å². The molecule has 0 aliphatic heterocycles. The van der Waals surface area contributed by atoms with E-state index >= 15 is 0 Å². The first kappa shape index (κ1) is 17.1. The van der Waals surface area contributed by atoms with Gasteiger partial charge in [-0.15, -0.1) is 0 Å². The molecule has 0 saturated heterocycles. The number of hydrogen-bond acceptors (Lipinski definition) is 2. The molecule has 0 unspecified atom stereocenters. The second-order valence-corrected chi connectivity index (χ2v) is 4.10. The summed E-state index contributed by atoms with van der Waals surface area (Å²) < 4.78 is 23.2. The topological polar surface area (TPSA) is 77.8 Å². The first-order valence-corrected chi connectivity index (χ1v) is 6.47. The van der Waals surface area contributed by atoms with Gasteiger partial charge in [0.1, 0.15) is 0 Å². The molecular weight excluding hydrogens is 235 g/mol. The minimum atomic E-state index is -3.44. The molecule has 0 aliphatic rings. The molecule has 0 aliphatic carbocycles. The monoisotopic (exact) mass is 255 g/mol. The van der Waals surface area contributed by atoms with Crippen LogP contribution < -0.4 is 0 Å². The first-order chi connectivity index (χ1) is 6.90. The molecule has 0 radical (unpaired) electrons. The standard InChI is InChI=1S/C10H18O.2H2O.O.V/c1-9(2)5-4-6-10(3)7-8-11;;;;/h5,7,11H,4,6,8H2,1-3H3;2*1H2;;/q;;;;+2/p-2/b10-7+;;;;. The molecule has 0 saturated carbocycles. The molecule has 15 heavy (non-hydrogen) atoms. The van der Waals surface area contributed by atoms with Gasteiger partial charge in [0.2, 0.25) is 0 Å². The summed E-state index contributed by atoms with van der Waals surface area (Å²) in [6, 6.07) is 0. The van der Waals surface area contributed by atoms with Crippen LogP contribution in [0.25, 0.3) is 0 Å². The minimum absolute atomic E-state index is 0.167. The van der Waals surface area contributed by atoms with E-state index in [1.165, 1.54) is 11.1 Å². The molecule has 0 atom stereocenters. The van der Waals surface area contributed by atoms with Crippen LogP contribution >= 0.6 is 0 Å². The summed E-state index contributed by atoms with van der Waals surface area (Å²) in [6.45, 7) is 6.42. The Bertz CT molecular complexity index is 226. The van der Waals surface area contributed by atoms with Crippen molar-refractivity contribution in [3.8, 4) is 0 Å². The Kier molecular flexibility index (Phi) is 13.5. The van der Waals surface area contributed by atoms with E-state index in [-0.39, 0.29) is 6.61 Å². The molecule has 5 heteroatoms. The summed E-state index contributed by atoms with van der Waals surface area (Å²) in [6.07, 6.45) is 6.23. The van der Waals surface area contributed by atoms with Crippen molar-refractivity contribution < 1.29 is 32.6 Å². The summed E-state index contributed by atoms with van der Waals surface area (Å²) in [7, 11) is 0. The Morgan fingerprint density at radius 2 is 1.67 bits per heavy atom. The zero-order valence-corrected chi connectivity index (χ0v) is 10.9. The number of aliphatic hydroxyl groups is 1. The average Bonchev–Trinajstić information content (AvgIpc) is 2.02.